The molecule has 0 saturated heterocycles. The monoisotopic (exact) mass is 311 g/mol. The van der Waals surface area contributed by atoms with Gasteiger partial charge in [-0.3, -0.25) is 4.21 Å². The molecule has 5 heteroatoms. The van der Waals surface area contributed by atoms with Crippen LogP contribution < -0.4 is 14.8 Å². The van der Waals surface area contributed by atoms with Gasteiger partial charge in [0.15, 0.2) is 11.5 Å². The third-order valence-corrected chi connectivity index (χ3v) is 4.95. The molecule has 1 heterocycles. The zero-order valence-corrected chi connectivity index (χ0v) is 13.7. The average molecular weight is 311 g/mol. The molecular weight excluding hydrogens is 286 g/mol. The Morgan fingerprint density at radius 3 is 2.71 bits per heavy atom. The van der Waals surface area contributed by atoms with Crippen LogP contribution in [0.25, 0.3) is 0 Å². The molecule has 1 aliphatic rings. The van der Waals surface area contributed by atoms with Crippen molar-refractivity contribution in [2.75, 3.05) is 25.5 Å². The first-order valence-electron chi connectivity index (χ1n) is 7.76. The third-order valence-electron chi connectivity index (χ3n) is 3.46. The molecule has 0 saturated carbocycles. The predicted molar refractivity (Wildman–Crippen MR) is 85.7 cm³/mol. The van der Waals surface area contributed by atoms with E-state index < -0.39 is 10.8 Å². The van der Waals surface area contributed by atoms with Crippen molar-refractivity contribution in [1.82, 2.24) is 5.32 Å². The van der Waals surface area contributed by atoms with Gasteiger partial charge in [-0.25, -0.2) is 0 Å². The second kappa shape index (κ2) is 8.39. The zero-order valence-electron chi connectivity index (χ0n) is 12.9. The normalized spacial score (nSPS) is 17.0. The van der Waals surface area contributed by atoms with Crippen LogP contribution in [0.2, 0.25) is 0 Å². The minimum Gasteiger partial charge on any atom is -0.490 e. The lowest BCUT2D eigenvalue weighted by molar-refractivity contribution is 0.297. The van der Waals surface area contributed by atoms with Crippen LogP contribution in [0.1, 0.15) is 33.1 Å². The Morgan fingerprint density at radius 1 is 1.24 bits per heavy atom. The van der Waals surface area contributed by atoms with Gasteiger partial charge in [0.1, 0.15) is 0 Å². The maximum Gasteiger partial charge on any atom is 0.162 e. The van der Waals surface area contributed by atoms with Crippen molar-refractivity contribution >= 4 is 10.8 Å². The summed E-state index contributed by atoms with van der Waals surface area (Å²) >= 11 is 0. The van der Waals surface area contributed by atoms with E-state index in [2.05, 4.69) is 19.2 Å². The van der Waals surface area contributed by atoms with Crippen LogP contribution in [-0.4, -0.2) is 35.8 Å². The van der Waals surface area contributed by atoms with Crippen LogP contribution in [0.4, 0.5) is 0 Å². The van der Waals surface area contributed by atoms with Crippen molar-refractivity contribution in [3.63, 3.8) is 0 Å². The minimum atomic E-state index is -1.02. The summed E-state index contributed by atoms with van der Waals surface area (Å²) in [6.07, 6.45) is 3.02. The van der Waals surface area contributed by atoms with E-state index in [0.717, 1.165) is 36.5 Å². The molecule has 2 rings (SSSR count). The largest absolute Gasteiger partial charge is 0.490 e. The number of rotatable bonds is 7. The lowest BCUT2D eigenvalue weighted by atomic mass is 10.2. The Kier molecular flexibility index (Phi) is 6.51. The molecule has 4 nitrogen and oxygen atoms in total. The summed E-state index contributed by atoms with van der Waals surface area (Å²) in [5.74, 6) is 2.11. The number of ether oxygens (including phenoxy) is 2. The standard InChI is InChI=1S/C16H25NO3S/c1-3-6-13(17-4-2)12-21(18)14-7-8-15-16(11-14)20-10-5-9-19-15/h7-8,11,13,17H,3-6,9-10,12H2,1-2H3. The van der Waals surface area contributed by atoms with E-state index in [0.29, 0.717) is 30.8 Å². The van der Waals surface area contributed by atoms with Gasteiger partial charge in [0, 0.05) is 29.2 Å². The van der Waals surface area contributed by atoms with Crippen LogP contribution >= 0.6 is 0 Å². The molecule has 0 spiro atoms. The predicted octanol–water partition coefficient (Wildman–Crippen LogP) is 2.73. The molecule has 2 atom stereocenters. The Labute approximate surface area is 129 Å². The Hall–Kier alpha value is -1.07. The fourth-order valence-corrected chi connectivity index (χ4v) is 3.75. The second-order valence-electron chi connectivity index (χ2n) is 5.21. The van der Waals surface area contributed by atoms with E-state index in [1.54, 1.807) is 0 Å². The molecule has 118 valence electrons. The van der Waals surface area contributed by atoms with Gasteiger partial charge < -0.3 is 14.8 Å². The van der Waals surface area contributed by atoms with Crippen molar-refractivity contribution in [2.45, 2.75) is 44.0 Å². The Balaban J connectivity index is 2.06. The minimum absolute atomic E-state index is 0.303. The molecule has 0 amide bonds. The van der Waals surface area contributed by atoms with Gasteiger partial charge >= 0.3 is 0 Å². The van der Waals surface area contributed by atoms with Gasteiger partial charge in [0.05, 0.1) is 24.0 Å². The summed E-state index contributed by atoms with van der Waals surface area (Å²) in [5, 5.41) is 3.41. The van der Waals surface area contributed by atoms with E-state index in [1.165, 1.54) is 0 Å². The molecule has 1 N–H and O–H groups in total. The molecule has 2 unspecified atom stereocenters. The highest BCUT2D eigenvalue weighted by atomic mass is 32.2. The van der Waals surface area contributed by atoms with E-state index in [9.17, 15) is 4.21 Å². The van der Waals surface area contributed by atoms with Gasteiger partial charge in [0.2, 0.25) is 0 Å². The molecule has 0 aromatic heterocycles. The summed E-state index contributed by atoms with van der Waals surface area (Å²) in [4.78, 5) is 0.818. The molecular formula is C16H25NO3S. The van der Waals surface area contributed by atoms with E-state index in [-0.39, 0.29) is 0 Å². The second-order valence-corrected chi connectivity index (χ2v) is 6.71. The van der Waals surface area contributed by atoms with Gasteiger partial charge in [-0.2, -0.15) is 0 Å². The van der Waals surface area contributed by atoms with Gasteiger partial charge in [-0.15, -0.1) is 0 Å². The molecule has 0 radical (unpaired) electrons. The molecule has 1 aromatic carbocycles. The summed E-state index contributed by atoms with van der Waals surface area (Å²) in [6, 6.07) is 5.93. The fourth-order valence-electron chi connectivity index (χ4n) is 2.45. The fraction of sp³-hybridized carbons (Fsp3) is 0.625. The van der Waals surface area contributed by atoms with E-state index in [1.807, 2.05) is 18.2 Å². The van der Waals surface area contributed by atoms with Crippen molar-refractivity contribution in [3.8, 4) is 11.5 Å². The summed E-state index contributed by atoms with van der Waals surface area (Å²) in [6.45, 7) is 6.47. The van der Waals surface area contributed by atoms with Crippen LogP contribution in [0.15, 0.2) is 23.1 Å². The van der Waals surface area contributed by atoms with Crippen LogP contribution in [-0.2, 0) is 10.8 Å². The molecule has 1 aliphatic heterocycles. The summed E-state index contributed by atoms with van der Waals surface area (Å²) < 4.78 is 23.8. The summed E-state index contributed by atoms with van der Waals surface area (Å²) in [7, 11) is -1.02. The highest BCUT2D eigenvalue weighted by Crippen LogP contribution is 2.31. The van der Waals surface area contributed by atoms with Gasteiger partial charge in [-0.1, -0.05) is 20.3 Å². The van der Waals surface area contributed by atoms with Crippen molar-refractivity contribution in [3.05, 3.63) is 18.2 Å². The van der Waals surface area contributed by atoms with Crippen molar-refractivity contribution in [1.29, 1.82) is 0 Å². The topological polar surface area (TPSA) is 47.6 Å². The number of nitrogens with one attached hydrogen (secondary N) is 1. The number of hydrogen-bond acceptors (Lipinski definition) is 4. The molecule has 0 fully saturated rings. The lowest BCUT2D eigenvalue weighted by Crippen LogP contribution is -2.33. The maximum atomic E-state index is 12.6. The molecule has 0 bridgehead atoms. The number of hydrogen-bond donors (Lipinski definition) is 1. The highest BCUT2D eigenvalue weighted by molar-refractivity contribution is 7.85. The quantitative estimate of drug-likeness (QED) is 0.841. The SMILES string of the molecule is CCCC(CS(=O)c1ccc2c(c1)OCCCO2)NCC. The first kappa shape index (κ1) is 16.3. The summed E-state index contributed by atoms with van der Waals surface area (Å²) in [5.41, 5.74) is 0. The van der Waals surface area contributed by atoms with Crippen LogP contribution in [0, 0.1) is 0 Å². The van der Waals surface area contributed by atoms with Crippen LogP contribution in [0.5, 0.6) is 11.5 Å². The highest BCUT2D eigenvalue weighted by Gasteiger charge is 2.16. The van der Waals surface area contributed by atoms with Crippen molar-refractivity contribution < 1.29 is 13.7 Å². The van der Waals surface area contributed by atoms with Crippen LogP contribution in [0.3, 0.4) is 0 Å². The maximum absolute atomic E-state index is 12.6. The zero-order chi connectivity index (χ0) is 15.1. The van der Waals surface area contributed by atoms with Crippen molar-refractivity contribution in [2.24, 2.45) is 0 Å². The van der Waals surface area contributed by atoms with E-state index >= 15 is 0 Å². The molecule has 21 heavy (non-hydrogen) atoms. The average Bonchev–Trinajstić information content (AvgIpc) is 2.72. The third kappa shape index (κ3) is 4.71. The van der Waals surface area contributed by atoms with Gasteiger partial charge in [0.25, 0.3) is 0 Å². The number of benzene rings is 1. The first-order chi connectivity index (χ1) is 10.2. The van der Waals surface area contributed by atoms with Gasteiger partial charge in [-0.05, 0) is 25.1 Å². The van der Waals surface area contributed by atoms with E-state index in [4.69, 9.17) is 9.47 Å². The Morgan fingerprint density at radius 2 is 2.00 bits per heavy atom. The molecule has 0 aliphatic carbocycles. The first-order valence-corrected chi connectivity index (χ1v) is 9.07. The molecule has 1 aromatic rings. The lowest BCUT2D eigenvalue weighted by Gasteiger charge is -2.17. The smallest absolute Gasteiger partial charge is 0.162 e. The number of fused-ring (bicyclic) bond motifs is 1. The Bertz CT molecular complexity index is 473.